The zero-order chi connectivity index (χ0) is 9.31. The van der Waals surface area contributed by atoms with Gasteiger partial charge in [-0.2, -0.15) is 0 Å². The van der Waals surface area contributed by atoms with Gasteiger partial charge in [0.15, 0.2) is 0 Å². The Morgan fingerprint density at radius 3 is 2.31 bits per heavy atom. The van der Waals surface area contributed by atoms with Crippen molar-refractivity contribution in [2.75, 3.05) is 13.1 Å². The molecule has 0 aliphatic carbocycles. The third-order valence-electron chi connectivity index (χ3n) is 2.86. The molecule has 1 nitrogen and oxygen atoms in total. The molecule has 1 saturated heterocycles. The van der Waals surface area contributed by atoms with E-state index in [0.717, 1.165) is 0 Å². The van der Waals surface area contributed by atoms with Crippen LogP contribution in [0.3, 0.4) is 0 Å². The Kier molecular flexibility index (Phi) is 2.12. The van der Waals surface area contributed by atoms with Gasteiger partial charge in [0.2, 0.25) is 0 Å². The third-order valence-corrected chi connectivity index (χ3v) is 2.86. The number of hydrogen-bond donors (Lipinski definition) is 1. The van der Waals surface area contributed by atoms with Crippen molar-refractivity contribution in [1.82, 2.24) is 5.32 Å². The summed E-state index contributed by atoms with van der Waals surface area (Å²) >= 11 is 0. The Balaban J connectivity index is 2.05. The minimum atomic E-state index is 0.509. The van der Waals surface area contributed by atoms with Crippen molar-refractivity contribution >= 4 is 0 Å². The van der Waals surface area contributed by atoms with Crippen LogP contribution in [0.2, 0.25) is 0 Å². The van der Waals surface area contributed by atoms with Crippen molar-refractivity contribution in [3.05, 3.63) is 35.4 Å². The summed E-state index contributed by atoms with van der Waals surface area (Å²) in [6.07, 6.45) is 1.21. The van der Waals surface area contributed by atoms with E-state index in [4.69, 9.17) is 0 Å². The van der Waals surface area contributed by atoms with E-state index in [1.54, 1.807) is 0 Å². The molecule has 1 aliphatic heterocycles. The first-order valence-corrected chi connectivity index (χ1v) is 4.94. The molecule has 0 radical (unpaired) electrons. The quantitative estimate of drug-likeness (QED) is 0.726. The Bertz CT molecular complexity index is 282. The fraction of sp³-hybridized carbons (Fsp3) is 0.500. The molecule has 0 saturated carbocycles. The first kappa shape index (κ1) is 8.76. The van der Waals surface area contributed by atoms with Gasteiger partial charge in [-0.1, -0.05) is 36.8 Å². The second kappa shape index (κ2) is 3.15. The van der Waals surface area contributed by atoms with Crippen LogP contribution < -0.4 is 5.32 Å². The second-order valence-corrected chi connectivity index (χ2v) is 4.58. The van der Waals surface area contributed by atoms with Gasteiger partial charge in [0, 0.05) is 13.1 Å². The summed E-state index contributed by atoms with van der Waals surface area (Å²) in [4.78, 5) is 0. The summed E-state index contributed by atoms with van der Waals surface area (Å²) in [5.41, 5.74) is 3.32. The summed E-state index contributed by atoms with van der Waals surface area (Å²) in [6, 6.07) is 8.90. The maximum Gasteiger partial charge on any atom is 0.00208 e. The summed E-state index contributed by atoms with van der Waals surface area (Å²) in [6.45, 7) is 6.82. The molecule has 0 atom stereocenters. The highest BCUT2D eigenvalue weighted by Crippen LogP contribution is 2.26. The van der Waals surface area contributed by atoms with E-state index in [1.807, 2.05) is 0 Å². The normalized spacial score (nSPS) is 19.5. The highest BCUT2D eigenvalue weighted by Gasteiger charge is 2.31. The highest BCUT2D eigenvalue weighted by molar-refractivity contribution is 5.23. The molecule has 13 heavy (non-hydrogen) atoms. The zero-order valence-corrected chi connectivity index (χ0v) is 8.43. The summed E-state index contributed by atoms with van der Waals surface area (Å²) in [7, 11) is 0. The van der Waals surface area contributed by atoms with Gasteiger partial charge >= 0.3 is 0 Å². The van der Waals surface area contributed by atoms with Crippen LogP contribution in [0.15, 0.2) is 24.3 Å². The van der Waals surface area contributed by atoms with Crippen molar-refractivity contribution in [3.8, 4) is 0 Å². The molecule has 1 N–H and O–H groups in total. The molecular weight excluding hydrogens is 158 g/mol. The second-order valence-electron chi connectivity index (χ2n) is 4.58. The van der Waals surface area contributed by atoms with Crippen LogP contribution in [0, 0.1) is 12.3 Å². The molecule has 0 bridgehead atoms. The lowest BCUT2D eigenvalue weighted by atomic mass is 9.78. The van der Waals surface area contributed by atoms with Crippen LogP contribution >= 0.6 is 0 Å². The maximum absolute atomic E-state index is 3.33. The van der Waals surface area contributed by atoms with Gasteiger partial charge in [-0.3, -0.25) is 0 Å². The lowest BCUT2D eigenvalue weighted by Crippen LogP contribution is -2.52. The van der Waals surface area contributed by atoms with Gasteiger partial charge in [-0.15, -0.1) is 0 Å². The number of rotatable bonds is 2. The largest absolute Gasteiger partial charge is 0.316 e. The van der Waals surface area contributed by atoms with E-state index < -0.39 is 0 Å². The zero-order valence-electron chi connectivity index (χ0n) is 8.43. The van der Waals surface area contributed by atoms with Crippen molar-refractivity contribution in [2.45, 2.75) is 20.3 Å². The smallest absolute Gasteiger partial charge is 0.00208 e. The Hall–Kier alpha value is -0.820. The van der Waals surface area contributed by atoms with Gasteiger partial charge in [0.1, 0.15) is 0 Å². The molecule has 1 heterocycles. The monoisotopic (exact) mass is 175 g/mol. The average Bonchev–Trinajstić information content (AvgIpc) is 2.06. The lowest BCUT2D eigenvalue weighted by molar-refractivity contribution is 0.195. The standard InChI is InChI=1S/C12H17N/c1-10-3-5-11(6-4-10)7-12(2)8-13-9-12/h3-6,13H,7-9H2,1-2H3. The predicted octanol–water partition coefficient (Wildman–Crippen LogP) is 2.15. The summed E-state index contributed by atoms with van der Waals surface area (Å²) in [5, 5.41) is 3.33. The van der Waals surface area contributed by atoms with Gasteiger partial charge in [0.25, 0.3) is 0 Å². The first-order valence-electron chi connectivity index (χ1n) is 4.94. The van der Waals surface area contributed by atoms with E-state index in [1.165, 1.54) is 30.6 Å². The van der Waals surface area contributed by atoms with Crippen LogP contribution in [0.4, 0.5) is 0 Å². The van der Waals surface area contributed by atoms with Crippen LogP contribution in [0.25, 0.3) is 0 Å². The topological polar surface area (TPSA) is 12.0 Å². The number of nitrogens with one attached hydrogen (secondary N) is 1. The van der Waals surface area contributed by atoms with Crippen LogP contribution in [-0.2, 0) is 6.42 Å². The van der Waals surface area contributed by atoms with Crippen LogP contribution in [-0.4, -0.2) is 13.1 Å². The summed E-state index contributed by atoms with van der Waals surface area (Å²) < 4.78 is 0. The molecule has 1 aromatic rings. The molecule has 0 spiro atoms. The van der Waals surface area contributed by atoms with Crippen LogP contribution in [0.5, 0.6) is 0 Å². The third kappa shape index (κ3) is 1.92. The molecule has 1 heteroatoms. The van der Waals surface area contributed by atoms with E-state index in [2.05, 4.69) is 43.4 Å². The Labute approximate surface area is 80.2 Å². The van der Waals surface area contributed by atoms with Crippen LogP contribution in [0.1, 0.15) is 18.1 Å². The van der Waals surface area contributed by atoms with Gasteiger partial charge in [-0.05, 0) is 24.3 Å². The van der Waals surface area contributed by atoms with Gasteiger partial charge in [-0.25, -0.2) is 0 Å². The minimum Gasteiger partial charge on any atom is -0.316 e. The fourth-order valence-corrected chi connectivity index (χ4v) is 1.88. The molecule has 0 amide bonds. The van der Waals surface area contributed by atoms with Gasteiger partial charge < -0.3 is 5.32 Å². The number of aryl methyl sites for hydroxylation is 1. The fourth-order valence-electron chi connectivity index (χ4n) is 1.88. The first-order chi connectivity index (χ1) is 6.18. The van der Waals surface area contributed by atoms with Gasteiger partial charge in [0.05, 0.1) is 0 Å². The van der Waals surface area contributed by atoms with E-state index in [0.29, 0.717) is 5.41 Å². The predicted molar refractivity (Wildman–Crippen MR) is 55.9 cm³/mol. The van der Waals surface area contributed by atoms with Crippen molar-refractivity contribution in [2.24, 2.45) is 5.41 Å². The van der Waals surface area contributed by atoms with Crippen molar-refractivity contribution < 1.29 is 0 Å². The Morgan fingerprint density at radius 1 is 1.23 bits per heavy atom. The molecule has 0 unspecified atom stereocenters. The van der Waals surface area contributed by atoms with Crippen molar-refractivity contribution in [1.29, 1.82) is 0 Å². The minimum absolute atomic E-state index is 0.509. The molecule has 1 aliphatic rings. The van der Waals surface area contributed by atoms with E-state index in [-0.39, 0.29) is 0 Å². The average molecular weight is 175 g/mol. The molecule has 1 fully saturated rings. The molecule has 2 rings (SSSR count). The van der Waals surface area contributed by atoms with E-state index >= 15 is 0 Å². The number of benzene rings is 1. The van der Waals surface area contributed by atoms with E-state index in [9.17, 15) is 0 Å². The lowest BCUT2D eigenvalue weighted by Gasteiger charge is -2.39. The van der Waals surface area contributed by atoms with Crippen molar-refractivity contribution in [3.63, 3.8) is 0 Å². The molecule has 0 aromatic heterocycles. The molecule has 1 aromatic carbocycles. The SMILES string of the molecule is Cc1ccc(CC2(C)CNC2)cc1. The number of hydrogen-bond acceptors (Lipinski definition) is 1. The highest BCUT2D eigenvalue weighted by atomic mass is 15.0. The molecule has 70 valence electrons. The summed E-state index contributed by atoms with van der Waals surface area (Å²) in [5.74, 6) is 0. The maximum atomic E-state index is 3.33. The molecular formula is C12H17N. The Morgan fingerprint density at radius 2 is 1.85 bits per heavy atom.